The molecule has 204 valence electrons. The Labute approximate surface area is 262 Å². The minimum atomic E-state index is -0.783. The van der Waals surface area contributed by atoms with Crippen molar-refractivity contribution in [2.75, 3.05) is 12.3 Å². The molecule has 0 heterocycles. The normalized spacial score (nSPS) is 10.4. The maximum absolute atomic E-state index is 3.15. The van der Waals surface area contributed by atoms with E-state index in [1.54, 1.807) is 0 Å². The molecule has 6 rings (SSSR count). The maximum atomic E-state index is 3.15. The molecule has 0 amide bonds. The van der Waals surface area contributed by atoms with Gasteiger partial charge in [0.1, 0.15) is 12.3 Å². The van der Waals surface area contributed by atoms with Crippen molar-refractivity contribution in [3.63, 3.8) is 0 Å². The first-order valence-electron chi connectivity index (χ1n) is 13.8. The first kappa shape index (κ1) is 30.8. The Kier molecular flexibility index (Phi) is 12.8. The van der Waals surface area contributed by atoms with Gasteiger partial charge in [0.05, 0.1) is 37.1 Å². The zero-order valence-electron chi connectivity index (χ0n) is 22.9. The molecule has 41 heavy (non-hydrogen) atoms. The predicted octanol–water partition coefficient (Wildman–Crippen LogP) is 7.67. The fourth-order valence-electron chi connectivity index (χ4n) is 4.84. The Morgan fingerprint density at radius 2 is 0.610 bits per heavy atom. The van der Waals surface area contributed by atoms with Gasteiger partial charge in [0.15, 0.2) is 0 Å². The summed E-state index contributed by atoms with van der Waals surface area (Å²) in [5.74, 6) is 0. The van der Waals surface area contributed by atoms with Gasteiger partial charge in [0.25, 0.3) is 0 Å². The number of rotatable bonds is 8. The summed E-state index contributed by atoms with van der Waals surface area (Å²) in [6.45, 7) is 0. The molecule has 0 N–H and O–H groups in total. The van der Waals surface area contributed by atoms with Crippen LogP contribution in [-0.4, -0.2) is 12.3 Å². The van der Waals surface area contributed by atoms with E-state index in [2.05, 4.69) is 133 Å². The molecule has 0 saturated heterocycles. The minimum absolute atomic E-state index is 0. The van der Waals surface area contributed by atoms with Crippen LogP contribution in [0.3, 0.4) is 0 Å². The van der Waals surface area contributed by atoms with Crippen molar-refractivity contribution in [3.8, 4) is 11.1 Å². The quantitative estimate of drug-likeness (QED) is 0.111. The van der Waals surface area contributed by atoms with Crippen molar-refractivity contribution >= 4 is 37.1 Å². The second-order valence-corrected chi connectivity index (χ2v) is 14.7. The SMILES string of the molecule is [Pt+2].[c-]1ccccc1-c1[c-]cccc1.c1ccc([PH+](CC[PH+](c2ccccc2)c2ccccc2)c2ccccc2)cc1. The van der Waals surface area contributed by atoms with Crippen LogP contribution in [0, 0.1) is 12.1 Å². The summed E-state index contributed by atoms with van der Waals surface area (Å²) in [5.41, 5.74) is 2.19. The van der Waals surface area contributed by atoms with Crippen LogP contribution < -0.4 is 21.2 Å². The van der Waals surface area contributed by atoms with Crippen LogP contribution in [0.4, 0.5) is 0 Å². The van der Waals surface area contributed by atoms with Crippen molar-refractivity contribution in [2.24, 2.45) is 0 Å². The van der Waals surface area contributed by atoms with Gasteiger partial charge in [-0.3, -0.25) is 0 Å². The Balaban J connectivity index is 0.000000249. The summed E-state index contributed by atoms with van der Waals surface area (Å²) in [6, 6.07) is 66.6. The fraction of sp³-hybridized carbons (Fsp3) is 0.0526. The van der Waals surface area contributed by atoms with Gasteiger partial charge in [0, 0.05) is 0 Å². The molecule has 0 saturated carbocycles. The van der Waals surface area contributed by atoms with Gasteiger partial charge in [-0.1, -0.05) is 72.8 Å². The third kappa shape index (κ3) is 9.18. The van der Waals surface area contributed by atoms with Crippen LogP contribution in [0.15, 0.2) is 170 Å². The number of hydrogen-bond acceptors (Lipinski definition) is 0. The molecule has 6 aromatic rings. The standard InChI is InChI=1S/C26H24P2.C12H8.Pt/c1-5-13-23(14-6-1)27(24-15-7-2-8-16-24)21-22-28(25-17-9-3-10-18-25)26-19-11-4-12-20-26;1-3-7-11(8-4-1)12-9-5-2-6-10-12;/h1-20H,21-22H2;1-7,9H;/q;-2;+2/p+2. The van der Waals surface area contributed by atoms with E-state index >= 15 is 0 Å². The molecule has 0 unspecified atom stereocenters. The topological polar surface area (TPSA) is 0 Å². The fourth-order valence-corrected chi connectivity index (χ4v) is 11.0. The summed E-state index contributed by atoms with van der Waals surface area (Å²) in [5, 5.41) is 6.06. The molecule has 0 aliphatic heterocycles. The van der Waals surface area contributed by atoms with E-state index in [-0.39, 0.29) is 21.1 Å². The van der Waals surface area contributed by atoms with Crippen LogP contribution >= 0.6 is 15.8 Å². The van der Waals surface area contributed by atoms with E-state index in [0.29, 0.717) is 0 Å². The van der Waals surface area contributed by atoms with E-state index in [4.69, 9.17) is 0 Å². The smallest absolute Gasteiger partial charge is 0.226 e. The van der Waals surface area contributed by atoms with Gasteiger partial charge in [0.2, 0.25) is 0 Å². The van der Waals surface area contributed by atoms with Crippen molar-refractivity contribution in [2.45, 2.75) is 0 Å². The summed E-state index contributed by atoms with van der Waals surface area (Å²) >= 11 is 0. The van der Waals surface area contributed by atoms with Crippen molar-refractivity contribution in [3.05, 3.63) is 182 Å². The van der Waals surface area contributed by atoms with E-state index in [1.165, 1.54) is 33.5 Å². The molecule has 3 heteroatoms. The second-order valence-electron chi connectivity index (χ2n) is 9.47. The van der Waals surface area contributed by atoms with Crippen LogP contribution in [0.2, 0.25) is 0 Å². The predicted molar refractivity (Wildman–Crippen MR) is 180 cm³/mol. The third-order valence-electron chi connectivity index (χ3n) is 6.82. The molecule has 0 spiro atoms. The van der Waals surface area contributed by atoms with Crippen LogP contribution in [-0.2, 0) is 21.1 Å². The Hall–Kier alpha value is -3.13. The van der Waals surface area contributed by atoms with Crippen molar-refractivity contribution < 1.29 is 21.1 Å². The van der Waals surface area contributed by atoms with Crippen molar-refractivity contribution in [1.29, 1.82) is 0 Å². The summed E-state index contributed by atoms with van der Waals surface area (Å²) < 4.78 is 0. The van der Waals surface area contributed by atoms with E-state index in [1.807, 2.05) is 48.5 Å². The Bertz CT molecular complexity index is 1310. The average molecular weight is 748 g/mol. The third-order valence-corrected chi connectivity index (χ3v) is 12.9. The van der Waals surface area contributed by atoms with E-state index in [9.17, 15) is 0 Å². The zero-order chi connectivity index (χ0) is 27.2. The first-order chi connectivity index (χ1) is 19.9. The molecule has 0 aromatic heterocycles. The van der Waals surface area contributed by atoms with E-state index in [0.717, 1.165) is 11.1 Å². The van der Waals surface area contributed by atoms with Crippen LogP contribution in [0.25, 0.3) is 11.1 Å². The van der Waals surface area contributed by atoms with Gasteiger partial charge in [-0.05, 0) is 48.5 Å². The molecule has 0 fully saturated rings. The zero-order valence-corrected chi connectivity index (χ0v) is 27.2. The molecule has 6 aromatic carbocycles. The van der Waals surface area contributed by atoms with Gasteiger partial charge < -0.3 is 0 Å². The average Bonchev–Trinajstić information content (AvgIpc) is 3.06. The van der Waals surface area contributed by atoms with Gasteiger partial charge in [-0.15, -0.1) is 12.1 Å². The van der Waals surface area contributed by atoms with E-state index < -0.39 is 15.8 Å². The molecule has 0 bridgehead atoms. The molecule has 0 aliphatic carbocycles. The van der Waals surface area contributed by atoms with Crippen molar-refractivity contribution in [1.82, 2.24) is 0 Å². The largest absolute Gasteiger partial charge is 2.00 e. The monoisotopic (exact) mass is 747 g/mol. The molecular formula is C38H34P2Pt+2. The molecule has 0 atom stereocenters. The Morgan fingerprint density at radius 3 is 0.854 bits per heavy atom. The summed E-state index contributed by atoms with van der Waals surface area (Å²) in [7, 11) is -1.57. The summed E-state index contributed by atoms with van der Waals surface area (Å²) in [6.07, 6.45) is 2.52. The van der Waals surface area contributed by atoms with Crippen LogP contribution in [0.1, 0.15) is 0 Å². The molecule has 0 nitrogen and oxygen atoms in total. The minimum Gasteiger partial charge on any atom is -0.226 e. The first-order valence-corrected chi connectivity index (χ1v) is 17.2. The summed E-state index contributed by atoms with van der Waals surface area (Å²) in [4.78, 5) is 0. The number of benzene rings is 6. The number of hydrogen-bond donors (Lipinski definition) is 0. The van der Waals surface area contributed by atoms with Crippen LogP contribution in [0.5, 0.6) is 0 Å². The maximum Gasteiger partial charge on any atom is 2.00 e. The Morgan fingerprint density at radius 1 is 0.341 bits per heavy atom. The van der Waals surface area contributed by atoms with Gasteiger partial charge >= 0.3 is 21.1 Å². The molecule has 0 aliphatic rings. The van der Waals surface area contributed by atoms with Gasteiger partial charge in [-0.2, -0.15) is 48.5 Å². The second kappa shape index (κ2) is 17.0. The molecular weight excluding hydrogens is 713 g/mol. The van der Waals surface area contributed by atoms with Gasteiger partial charge in [-0.25, -0.2) is 11.1 Å². The molecule has 0 radical (unpaired) electrons.